The summed E-state index contributed by atoms with van der Waals surface area (Å²) in [4.78, 5) is 0. The van der Waals surface area contributed by atoms with Crippen molar-refractivity contribution in [3.8, 4) is 0 Å². The van der Waals surface area contributed by atoms with Gasteiger partial charge >= 0.3 is 0 Å². The molecule has 76 valence electrons. The first-order valence-corrected chi connectivity index (χ1v) is 5.07. The quantitative estimate of drug-likeness (QED) is 0.740. The van der Waals surface area contributed by atoms with Crippen molar-refractivity contribution in [3.05, 3.63) is 18.0 Å². The predicted molar refractivity (Wildman–Crippen MR) is 55.6 cm³/mol. The smallest absolute Gasteiger partial charge is 0.108 e. The lowest BCUT2D eigenvalue weighted by Crippen LogP contribution is -2.36. The molecular formula is C10H16N4. The van der Waals surface area contributed by atoms with E-state index in [1.807, 2.05) is 0 Å². The molecule has 0 saturated heterocycles. The molecule has 2 N–H and O–H groups in total. The maximum absolute atomic E-state index is 4.10. The first-order valence-electron chi connectivity index (χ1n) is 5.07. The van der Waals surface area contributed by atoms with E-state index in [9.17, 15) is 0 Å². The van der Waals surface area contributed by atoms with Gasteiger partial charge in [-0.1, -0.05) is 19.9 Å². The van der Waals surface area contributed by atoms with Crippen molar-refractivity contribution in [2.24, 2.45) is 5.92 Å². The Balaban J connectivity index is 2.19. The van der Waals surface area contributed by atoms with Gasteiger partial charge in [0.1, 0.15) is 5.69 Å². The molecular weight excluding hydrogens is 176 g/mol. The Hall–Kier alpha value is -1.16. The number of aromatic nitrogens is 3. The van der Waals surface area contributed by atoms with Gasteiger partial charge in [-0.2, -0.15) is 15.4 Å². The average Bonchev–Trinajstić information content (AvgIpc) is 2.71. The van der Waals surface area contributed by atoms with E-state index in [2.05, 4.69) is 40.7 Å². The first kappa shape index (κ1) is 9.40. The van der Waals surface area contributed by atoms with Crippen LogP contribution in [0.25, 0.3) is 5.57 Å². The lowest BCUT2D eigenvalue weighted by Gasteiger charge is -2.24. The minimum Gasteiger partial charge on any atom is -0.310 e. The second kappa shape index (κ2) is 3.92. The van der Waals surface area contributed by atoms with E-state index >= 15 is 0 Å². The van der Waals surface area contributed by atoms with E-state index in [0.29, 0.717) is 12.0 Å². The highest BCUT2D eigenvalue weighted by Gasteiger charge is 2.17. The van der Waals surface area contributed by atoms with Crippen molar-refractivity contribution in [2.75, 3.05) is 6.54 Å². The molecule has 0 aromatic carbocycles. The first-order chi connectivity index (χ1) is 6.77. The monoisotopic (exact) mass is 192 g/mol. The molecule has 0 spiro atoms. The van der Waals surface area contributed by atoms with Crippen LogP contribution < -0.4 is 5.32 Å². The Morgan fingerprint density at radius 3 is 3.00 bits per heavy atom. The van der Waals surface area contributed by atoms with Crippen LogP contribution in [0, 0.1) is 5.92 Å². The molecule has 1 aromatic heterocycles. The van der Waals surface area contributed by atoms with E-state index in [-0.39, 0.29) is 0 Å². The molecule has 0 saturated carbocycles. The molecule has 0 amide bonds. The van der Waals surface area contributed by atoms with E-state index < -0.39 is 0 Å². The minimum absolute atomic E-state index is 0.468. The van der Waals surface area contributed by atoms with Gasteiger partial charge in [0.15, 0.2) is 0 Å². The van der Waals surface area contributed by atoms with Crippen molar-refractivity contribution in [3.63, 3.8) is 0 Å². The fourth-order valence-corrected chi connectivity index (χ4v) is 1.73. The maximum atomic E-state index is 4.10. The van der Waals surface area contributed by atoms with Crippen molar-refractivity contribution in [1.82, 2.24) is 20.7 Å². The van der Waals surface area contributed by atoms with Crippen LogP contribution in [0.5, 0.6) is 0 Å². The van der Waals surface area contributed by atoms with Crippen LogP contribution in [0.1, 0.15) is 26.0 Å². The van der Waals surface area contributed by atoms with Gasteiger partial charge in [0, 0.05) is 6.04 Å². The molecule has 1 unspecified atom stereocenters. The Morgan fingerprint density at radius 2 is 2.36 bits per heavy atom. The zero-order chi connectivity index (χ0) is 9.97. The Kier molecular flexibility index (Phi) is 2.63. The molecule has 0 bridgehead atoms. The third-order valence-electron chi connectivity index (χ3n) is 2.62. The van der Waals surface area contributed by atoms with Gasteiger partial charge in [0.25, 0.3) is 0 Å². The Bertz CT molecular complexity index is 313. The highest BCUT2D eigenvalue weighted by molar-refractivity contribution is 5.63. The number of hydrogen-bond donors (Lipinski definition) is 2. The molecule has 2 heterocycles. The van der Waals surface area contributed by atoms with E-state index in [4.69, 9.17) is 0 Å². The summed E-state index contributed by atoms with van der Waals surface area (Å²) in [6, 6.07) is 0.468. The summed E-state index contributed by atoms with van der Waals surface area (Å²) in [6.07, 6.45) is 5.09. The van der Waals surface area contributed by atoms with E-state index in [1.54, 1.807) is 6.20 Å². The highest BCUT2D eigenvalue weighted by atomic mass is 15.3. The number of H-pyrrole nitrogens is 1. The van der Waals surface area contributed by atoms with Gasteiger partial charge in [-0.15, -0.1) is 0 Å². The van der Waals surface area contributed by atoms with Crippen LogP contribution in [0.4, 0.5) is 0 Å². The number of hydrogen-bond acceptors (Lipinski definition) is 3. The van der Waals surface area contributed by atoms with E-state index in [0.717, 1.165) is 18.7 Å². The van der Waals surface area contributed by atoms with Crippen LogP contribution in [-0.2, 0) is 0 Å². The van der Waals surface area contributed by atoms with Crippen LogP contribution in [0.3, 0.4) is 0 Å². The molecule has 1 aliphatic heterocycles. The predicted octanol–water partition coefficient (Wildman–Crippen LogP) is 1.21. The summed E-state index contributed by atoms with van der Waals surface area (Å²) >= 11 is 0. The number of rotatable bonds is 2. The summed E-state index contributed by atoms with van der Waals surface area (Å²) in [5, 5.41) is 14.1. The number of nitrogens with one attached hydrogen (secondary N) is 2. The average molecular weight is 192 g/mol. The zero-order valence-corrected chi connectivity index (χ0v) is 8.62. The minimum atomic E-state index is 0.468. The molecule has 1 aromatic rings. The summed E-state index contributed by atoms with van der Waals surface area (Å²) in [5.41, 5.74) is 2.29. The highest BCUT2D eigenvalue weighted by Crippen LogP contribution is 2.20. The molecule has 1 aliphatic rings. The normalized spacial score (nSPS) is 22.5. The number of aromatic amines is 1. The van der Waals surface area contributed by atoms with Gasteiger partial charge in [0.05, 0.1) is 6.20 Å². The second-order valence-corrected chi connectivity index (χ2v) is 4.02. The maximum Gasteiger partial charge on any atom is 0.108 e. The van der Waals surface area contributed by atoms with Crippen molar-refractivity contribution in [2.45, 2.75) is 26.3 Å². The summed E-state index contributed by atoms with van der Waals surface area (Å²) in [6.45, 7) is 5.47. The molecule has 0 radical (unpaired) electrons. The lowest BCUT2D eigenvalue weighted by molar-refractivity contribution is 0.458. The molecule has 2 rings (SSSR count). The standard InChI is InChI=1S/C10H16N4/c1-7(2)9-5-8(3-4-11-9)10-6-12-14-13-10/h5-7,9,11H,3-4H2,1-2H3,(H,12,13,14). The Labute approximate surface area is 83.8 Å². The number of nitrogens with zero attached hydrogens (tertiary/aromatic N) is 2. The van der Waals surface area contributed by atoms with E-state index in [1.165, 1.54) is 5.57 Å². The Morgan fingerprint density at radius 1 is 1.50 bits per heavy atom. The van der Waals surface area contributed by atoms with Crippen LogP contribution >= 0.6 is 0 Å². The molecule has 4 nitrogen and oxygen atoms in total. The topological polar surface area (TPSA) is 53.6 Å². The van der Waals surface area contributed by atoms with Crippen molar-refractivity contribution < 1.29 is 0 Å². The largest absolute Gasteiger partial charge is 0.310 e. The molecule has 0 fully saturated rings. The second-order valence-electron chi connectivity index (χ2n) is 4.02. The summed E-state index contributed by atoms with van der Waals surface area (Å²) in [7, 11) is 0. The molecule has 4 heteroatoms. The summed E-state index contributed by atoms with van der Waals surface area (Å²) < 4.78 is 0. The molecule has 14 heavy (non-hydrogen) atoms. The van der Waals surface area contributed by atoms with Crippen molar-refractivity contribution >= 4 is 5.57 Å². The van der Waals surface area contributed by atoms with Crippen LogP contribution in [0.15, 0.2) is 12.3 Å². The summed E-state index contributed by atoms with van der Waals surface area (Å²) in [5.74, 6) is 0.622. The van der Waals surface area contributed by atoms with Gasteiger partial charge < -0.3 is 5.32 Å². The SMILES string of the molecule is CC(C)C1C=C(c2cn[nH]n2)CCN1. The third kappa shape index (κ3) is 1.85. The lowest BCUT2D eigenvalue weighted by atomic mass is 9.95. The molecule has 1 atom stereocenters. The third-order valence-corrected chi connectivity index (χ3v) is 2.62. The van der Waals surface area contributed by atoms with Crippen LogP contribution in [0.2, 0.25) is 0 Å². The van der Waals surface area contributed by atoms with Gasteiger partial charge in [0.2, 0.25) is 0 Å². The van der Waals surface area contributed by atoms with Gasteiger partial charge in [-0.05, 0) is 24.5 Å². The fraction of sp³-hybridized carbons (Fsp3) is 0.600. The van der Waals surface area contributed by atoms with Crippen molar-refractivity contribution in [1.29, 1.82) is 0 Å². The van der Waals surface area contributed by atoms with Gasteiger partial charge in [-0.3, -0.25) is 0 Å². The fourth-order valence-electron chi connectivity index (χ4n) is 1.73. The van der Waals surface area contributed by atoms with Crippen LogP contribution in [-0.4, -0.2) is 28.0 Å². The van der Waals surface area contributed by atoms with Gasteiger partial charge in [-0.25, -0.2) is 0 Å². The zero-order valence-electron chi connectivity index (χ0n) is 8.62. The molecule has 0 aliphatic carbocycles.